The Bertz CT molecular complexity index is 1540. The number of hydrogen-bond donors (Lipinski definition) is 3. The molecule has 1 aliphatic heterocycles. The molecule has 1 amide bonds. The summed E-state index contributed by atoms with van der Waals surface area (Å²) in [5.41, 5.74) is 10.1. The Morgan fingerprint density at radius 1 is 0.972 bits per heavy atom. The summed E-state index contributed by atoms with van der Waals surface area (Å²) in [7, 11) is -2.91. The van der Waals surface area contributed by atoms with E-state index in [1.165, 1.54) is 0 Å². The van der Waals surface area contributed by atoms with Crippen LogP contribution in [0.15, 0.2) is 77.8 Å². The molecule has 4 N–H and O–H groups in total. The summed E-state index contributed by atoms with van der Waals surface area (Å²) in [5.74, 6) is -0.197. The van der Waals surface area contributed by atoms with E-state index in [9.17, 15) is 18.3 Å². The van der Waals surface area contributed by atoms with Crippen LogP contribution in [0.1, 0.15) is 27.0 Å². The first-order valence-corrected chi connectivity index (χ1v) is 13.4. The molecule has 4 aromatic rings. The minimum atomic E-state index is -2.91. The molecule has 1 aliphatic rings. The molecule has 1 aromatic heterocycles. The van der Waals surface area contributed by atoms with Crippen molar-refractivity contribution in [3.05, 3.63) is 95.1 Å². The van der Waals surface area contributed by atoms with Crippen LogP contribution < -0.4 is 5.73 Å². The van der Waals surface area contributed by atoms with E-state index in [4.69, 9.17) is 10.7 Å². The summed E-state index contributed by atoms with van der Waals surface area (Å²) in [5, 5.41) is 11.6. The van der Waals surface area contributed by atoms with Gasteiger partial charge in [0.15, 0.2) is 15.7 Å². The van der Waals surface area contributed by atoms with E-state index in [0.717, 1.165) is 16.5 Å². The number of sulfone groups is 1. The fraction of sp³-hybridized carbons (Fsp3) is 0.185. The highest BCUT2D eigenvalue weighted by atomic mass is 32.2. The van der Waals surface area contributed by atoms with Crippen LogP contribution in [-0.4, -0.2) is 59.6 Å². The SMILES string of the molecule is NC(=O)c1ccc2c(C(=Nc3ccc(CN4CCS(=O)(=O)CC4)cc3)c3ccccc3)c(O)[nH]c2c1. The van der Waals surface area contributed by atoms with Gasteiger partial charge < -0.3 is 15.8 Å². The number of carbonyl (C=O) groups excluding carboxylic acids is 1. The van der Waals surface area contributed by atoms with E-state index in [1.54, 1.807) is 18.2 Å². The van der Waals surface area contributed by atoms with E-state index < -0.39 is 15.7 Å². The summed E-state index contributed by atoms with van der Waals surface area (Å²) in [4.78, 5) is 21.6. The van der Waals surface area contributed by atoms with Gasteiger partial charge in [0, 0.05) is 41.7 Å². The highest BCUT2D eigenvalue weighted by Crippen LogP contribution is 2.32. The van der Waals surface area contributed by atoms with Gasteiger partial charge in [0.2, 0.25) is 5.91 Å². The van der Waals surface area contributed by atoms with Crippen LogP contribution in [0.5, 0.6) is 5.88 Å². The Labute approximate surface area is 209 Å². The Hall–Kier alpha value is -3.95. The molecule has 1 saturated heterocycles. The molecule has 0 aliphatic carbocycles. The Morgan fingerprint density at radius 2 is 1.67 bits per heavy atom. The highest BCUT2D eigenvalue weighted by molar-refractivity contribution is 7.91. The Balaban J connectivity index is 1.49. The molecule has 0 bridgehead atoms. The summed E-state index contributed by atoms with van der Waals surface area (Å²) in [6.45, 7) is 1.76. The number of nitrogens with two attached hydrogens (primary N) is 1. The standard InChI is InChI=1S/C27H26N4O4S/c28-26(32)20-8-11-22-23(16-20)30-27(33)24(22)25(19-4-2-1-3-5-19)29-21-9-6-18(7-10-21)17-31-12-14-36(34,35)15-13-31/h1-11,16,30,33H,12-15,17H2,(H2,28,32). The fourth-order valence-electron chi connectivity index (χ4n) is 4.41. The maximum absolute atomic E-state index is 11.7. The second-order valence-corrected chi connectivity index (χ2v) is 11.2. The maximum Gasteiger partial charge on any atom is 0.248 e. The van der Waals surface area contributed by atoms with Gasteiger partial charge in [-0.1, -0.05) is 48.5 Å². The average molecular weight is 503 g/mol. The van der Waals surface area contributed by atoms with Crippen molar-refractivity contribution in [3.8, 4) is 5.88 Å². The number of nitrogens with zero attached hydrogens (tertiary/aromatic N) is 2. The molecule has 0 atom stereocenters. The molecule has 0 radical (unpaired) electrons. The molecule has 5 rings (SSSR count). The number of H-pyrrole nitrogens is 1. The number of aromatic hydroxyl groups is 1. The van der Waals surface area contributed by atoms with Crippen molar-refractivity contribution < 1.29 is 18.3 Å². The van der Waals surface area contributed by atoms with Crippen molar-refractivity contribution in [2.75, 3.05) is 24.6 Å². The van der Waals surface area contributed by atoms with Crippen LogP contribution in [0.25, 0.3) is 10.9 Å². The van der Waals surface area contributed by atoms with Crippen molar-refractivity contribution in [3.63, 3.8) is 0 Å². The van der Waals surface area contributed by atoms with Crippen LogP contribution in [-0.2, 0) is 16.4 Å². The van der Waals surface area contributed by atoms with Gasteiger partial charge in [-0.2, -0.15) is 0 Å². The lowest BCUT2D eigenvalue weighted by molar-refractivity contribution is 0.100. The molecule has 0 unspecified atom stereocenters. The van der Waals surface area contributed by atoms with Crippen molar-refractivity contribution >= 4 is 38.0 Å². The van der Waals surface area contributed by atoms with Gasteiger partial charge in [-0.05, 0) is 29.8 Å². The number of nitrogens with one attached hydrogen (secondary N) is 1. The number of aromatic nitrogens is 1. The molecule has 3 aromatic carbocycles. The van der Waals surface area contributed by atoms with Crippen molar-refractivity contribution in [2.45, 2.75) is 6.54 Å². The summed E-state index contributed by atoms with van der Waals surface area (Å²) >= 11 is 0. The van der Waals surface area contributed by atoms with E-state index >= 15 is 0 Å². The smallest absolute Gasteiger partial charge is 0.248 e. The molecule has 1 fully saturated rings. The lowest BCUT2D eigenvalue weighted by Gasteiger charge is -2.26. The number of aliphatic imine (C=N–C) groups is 1. The Morgan fingerprint density at radius 3 is 2.33 bits per heavy atom. The largest absolute Gasteiger partial charge is 0.494 e. The first kappa shape index (κ1) is 23.8. The predicted molar refractivity (Wildman–Crippen MR) is 141 cm³/mol. The quantitative estimate of drug-likeness (QED) is 0.348. The van der Waals surface area contributed by atoms with Gasteiger partial charge in [0.25, 0.3) is 0 Å². The molecule has 9 heteroatoms. The molecule has 36 heavy (non-hydrogen) atoms. The molecule has 184 valence electrons. The fourth-order valence-corrected chi connectivity index (χ4v) is 5.69. The number of benzene rings is 3. The van der Waals surface area contributed by atoms with Crippen LogP contribution in [0.4, 0.5) is 5.69 Å². The number of carbonyl (C=O) groups is 1. The number of primary amides is 1. The van der Waals surface area contributed by atoms with Crippen LogP contribution >= 0.6 is 0 Å². The topological polar surface area (TPSA) is 129 Å². The number of aromatic amines is 1. The second kappa shape index (κ2) is 9.60. The van der Waals surface area contributed by atoms with Crippen molar-refractivity contribution in [2.24, 2.45) is 10.7 Å². The average Bonchev–Trinajstić information content (AvgIpc) is 3.20. The lowest BCUT2D eigenvalue weighted by Crippen LogP contribution is -2.39. The maximum atomic E-state index is 11.7. The van der Waals surface area contributed by atoms with E-state index in [0.29, 0.717) is 47.7 Å². The third-order valence-electron chi connectivity index (χ3n) is 6.37. The molecular formula is C27H26N4O4S. The summed E-state index contributed by atoms with van der Waals surface area (Å²) in [6.07, 6.45) is 0. The third kappa shape index (κ3) is 5.02. The zero-order valence-corrected chi connectivity index (χ0v) is 20.3. The van der Waals surface area contributed by atoms with Crippen LogP contribution in [0, 0.1) is 0 Å². The number of amides is 1. The number of hydrogen-bond acceptors (Lipinski definition) is 6. The van der Waals surface area contributed by atoms with E-state index in [2.05, 4.69) is 9.88 Å². The minimum absolute atomic E-state index is 0.0501. The van der Waals surface area contributed by atoms with E-state index in [1.807, 2.05) is 54.6 Å². The van der Waals surface area contributed by atoms with Gasteiger partial charge in [-0.15, -0.1) is 0 Å². The molecule has 2 heterocycles. The first-order valence-electron chi connectivity index (χ1n) is 11.6. The lowest BCUT2D eigenvalue weighted by atomic mass is 10.00. The monoisotopic (exact) mass is 502 g/mol. The van der Waals surface area contributed by atoms with Gasteiger partial charge in [-0.25, -0.2) is 13.4 Å². The Kier molecular flexibility index (Phi) is 6.34. The zero-order chi connectivity index (χ0) is 25.3. The van der Waals surface area contributed by atoms with Gasteiger partial charge in [0.1, 0.15) is 0 Å². The molecule has 0 spiro atoms. The van der Waals surface area contributed by atoms with Crippen LogP contribution in [0.3, 0.4) is 0 Å². The predicted octanol–water partition coefficient (Wildman–Crippen LogP) is 3.37. The van der Waals surface area contributed by atoms with Gasteiger partial charge in [0.05, 0.1) is 28.5 Å². The van der Waals surface area contributed by atoms with Gasteiger partial charge >= 0.3 is 0 Å². The molecule has 8 nitrogen and oxygen atoms in total. The van der Waals surface area contributed by atoms with Crippen LogP contribution in [0.2, 0.25) is 0 Å². The summed E-state index contributed by atoms with van der Waals surface area (Å²) < 4.78 is 23.4. The minimum Gasteiger partial charge on any atom is -0.494 e. The molecular weight excluding hydrogens is 476 g/mol. The molecule has 0 saturated carbocycles. The zero-order valence-electron chi connectivity index (χ0n) is 19.5. The second-order valence-electron chi connectivity index (χ2n) is 8.89. The third-order valence-corrected chi connectivity index (χ3v) is 7.98. The normalized spacial score (nSPS) is 16.3. The van der Waals surface area contributed by atoms with Crippen molar-refractivity contribution in [1.29, 1.82) is 0 Å². The van der Waals surface area contributed by atoms with E-state index in [-0.39, 0.29) is 17.4 Å². The summed E-state index contributed by atoms with van der Waals surface area (Å²) in [6, 6.07) is 22.4. The van der Waals surface area contributed by atoms with Gasteiger partial charge in [-0.3, -0.25) is 9.69 Å². The first-order chi connectivity index (χ1) is 17.3. The number of rotatable bonds is 6. The number of fused-ring (bicyclic) bond motifs is 1. The highest BCUT2D eigenvalue weighted by Gasteiger charge is 2.22. The van der Waals surface area contributed by atoms with Crippen molar-refractivity contribution in [1.82, 2.24) is 9.88 Å².